The molecule has 0 N–H and O–H groups in total. The van der Waals surface area contributed by atoms with Crippen molar-refractivity contribution in [2.24, 2.45) is 0 Å². The number of morpholine rings is 2. The molecule has 1 aromatic carbocycles. The molecule has 0 radical (unpaired) electrons. The number of carbonyl (C=O) groups excluding carboxylic acids is 1. The first-order valence-corrected chi connectivity index (χ1v) is 9.02. The van der Waals surface area contributed by atoms with Crippen LogP contribution in [0.15, 0.2) is 36.7 Å². The molecule has 0 bridgehead atoms. The number of ether oxygens (including phenoxy) is 2. The maximum atomic E-state index is 13.2. The molecule has 0 spiro atoms. The third-order valence-corrected chi connectivity index (χ3v) is 4.77. The van der Waals surface area contributed by atoms with Gasteiger partial charge in [0, 0.05) is 26.2 Å². The fraction of sp³-hybridized carbons (Fsp3) is 0.421. The van der Waals surface area contributed by atoms with Crippen LogP contribution in [0, 0.1) is 5.82 Å². The lowest BCUT2D eigenvalue weighted by Gasteiger charge is -2.34. The zero-order valence-corrected chi connectivity index (χ0v) is 14.9. The van der Waals surface area contributed by atoms with Gasteiger partial charge in [-0.1, -0.05) is 12.1 Å². The molecule has 7 nitrogen and oxygen atoms in total. The molecule has 2 aliphatic heterocycles. The van der Waals surface area contributed by atoms with Crippen molar-refractivity contribution in [3.05, 3.63) is 53.7 Å². The van der Waals surface area contributed by atoms with Gasteiger partial charge in [0.1, 0.15) is 23.4 Å². The Morgan fingerprint density at radius 2 is 1.85 bits per heavy atom. The summed E-state index contributed by atoms with van der Waals surface area (Å²) in [6.07, 6.45) is 2.97. The molecule has 2 aliphatic rings. The largest absolute Gasteiger partial charge is 0.378 e. The average Bonchev–Trinajstić information content (AvgIpc) is 2.74. The van der Waals surface area contributed by atoms with Gasteiger partial charge in [-0.2, -0.15) is 0 Å². The van der Waals surface area contributed by atoms with Gasteiger partial charge >= 0.3 is 0 Å². The van der Waals surface area contributed by atoms with E-state index < -0.39 is 0 Å². The van der Waals surface area contributed by atoms with E-state index in [0.717, 1.165) is 5.56 Å². The Hall–Kier alpha value is -2.58. The summed E-state index contributed by atoms with van der Waals surface area (Å²) in [4.78, 5) is 25.2. The first kappa shape index (κ1) is 17.8. The predicted molar refractivity (Wildman–Crippen MR) is 96.1 cm³/mol. The zero-order valence-electron chi connectivity index (χ0n) is 14.9. The van der Waals surface area contributed by atoms with Crippen molar-refractivity contribution in [1.82, 2.24) is 14.9 Å². The molecule has 142 valence electrons. The van der Waals surface area contributed by atoms with Crippen LogP contribution in [-0.4, -0.2) is 66.8 Å². The highest BCUT2D eigenvalue weighted by Gasteiger charge is 2.25. The summed E-state index contributed by atoms with van der Waals surface area (Å²) in [5.41, 5.74) is 1.24. The molecule has 2 saturated heterocycles. The topological polar surface area (TPSA) is 67.8 Å². The Bertz CT molecular complexity index is 796. The van der Waals surface area contributed by atoms with Crippen molar-refractivity contribution < 1.29 is 18.7 Å². The van der Waals surface area contributed by atoms with Gasteiger partial charge < -0.3 is 19.3 Å². The Morgan fingerprint density at radius 3 is 2.63 bits per heavy atom. The second-order valence-electron chi connectivity index (χ2n) is 6.52. The molecular formula is C19H21FN4O3. The summed E-state index contributed by atoms with van der Waals surface area (Å²) in [6, 6.07) is 6.32. The normalized spacial score (nSPS) is 20.6. The molecule has 4 rings (SSSR count). The lowest BCUT2D eigenvalue weighted by Crippen LogP contribution is -2.42. The van der Waals surface area contributed by atoms with E-state index in [-0.39, 0.29) is 17.8 Å². The van der Waals surface area contributed by atoms with Crippen LogP contribution in [0.2, 0.25) is 0 Å². The molecule has 8 heteroatoms. The van der Waals surface area contributed by atoms with Crippen molar-refractivity contribution in [3.8, 4) is 0 Å². The quantitative estimate of drug-likeness (QED) is 0.817. The van der Waals surface area contributed by atoms with E-state index in [1.54, 1.807) is 23.2 Å². The lowest BCUT2D eigenvalue weighted by molar-refractivity contribution is 0.0298. The van der Waals surface area contributed by atoms with Gasteiger partial charge in [-0.05, 0) is 17.7 Å². The molecule has 2 fully saturated rings. The fourth-order valence-electron chi connectivity index (χ4n) is 3.28. The second kappa shape index (κ2) is 7.98. The highest BCUT2D eigenvalue weighted by atomic mass is 19.1. The third-order valence-electron chi connectivity index (χ3n) is 4.77. The maximum absolute atomic E-state index is 13.2. The SMILES string of the molecule is O=C(c1cncc(N2CCOC(c3ccc(F)cc3)C2)n1)N1CCOCC1. The van der Waals surface area contributed by atoms with Gasteiger partial charge in [-0.25, -0.2) is 9.37 Å². The molecule has 27 heavy (non-hydrogen) atoms. The highest BCUT2D eigenvalue weighted by molar-refractivity contribution is 5.92. The van der Waals surface area contributed by atoms with Gasteiger partial charge in [-0.15, -0.1) is 0 Å². The number of anilines is 1. The minimum atomic E-state index is -0.272. The lowest BCUT2D eigenvalue weighted by atomic mass is 10.1. The van der Waals surface area contributed by atoms with Gasteiger partial charge in [-0.3, -0.25) is 9.78 Å². The van der Waals surface area contributed by atoms with Crippen molar-refractivity contribution in [1.29, 1.82) is 0 Å². The van der Waals surface area contributed by atoms with Crippen molar-refractivity contribution in [2.75, 3.05) is 50.9 Å². The molecule has 1 aromatic heterocycles. The summed E-state index contributed by atoms with van der Waals surface area (Å²) in [5.74, 6) is 0.243. The van der Waals surface area contributed by atoms with Gasteiger partial charge in [0.05, 0.1) is 32.2 Å². The number of benzene rings is 1. The number of aromatic nitrogens is 2. The van der Waals surface area contributed by atoms with Crippen LogP contribution in [0.25, 0.3) is 0 Å². The van der Waals surface area contributed by atoms with E-state index in [2.05, 4.69) is 9.97 Å². The van der Waals surface area contributed by atoms with E-state index in [4.69, 9.17) is 9.47 Å². The number of hydrogen-bond acceptors (Lipinski definition) is 6. The minimum absolute atomic E-state index is 0.129. The number of amides is 1. The highest BCUT2D eigenvalue weighted by Crippen LogP contribution is 2.25. The molecular weight excluding hydrogens is 351 g/mol. The van der Waals surface area contributed by atoms with Crippen LogP contribution >= 0.6 is 0 Å². The monoisotopic (exact) mass is 372 g/mol. The Labute approximate surface area is 156 Å². The van der Waals surface area contributed by atoms with Crippen LogP contribution in [0.4, 0.5) is 10.2 Å². The summed E-state index contributed by atoms with van der Waals surface area (Å²) >= 11 is 0. The molecule has 1 amide bonds. The number of carbonyl (C=O) groups is 1. The van der Waals surface area contributed by atoms with E-state index in [0.29, 0.717) is 57.5 Å². The number of halogens is 1. The molecule has 1 unspecified atom stereocenters. The van der Waals surface area contributed by atoms with Crippen molar-refractivity contribution >= 4 is 11.7 Å². The van der Waals surface area contributed by atoms with E-state index in [9.17, 15) is 9.18 Å². The summed E-state index contributed by atoms with van der Waals surface area (Å²) in [5, 5.41) is 0. The van der Waals surface area contributed by atoms with Crippen LogP contribution in [0.3, 0.4) is 0 Å². The first-order valence-electron chi connectivity index (χ1n) is 9.02. The fourth-order valence-corrected chi connectivity index (χ4v) is 3.28. The average molecular weight is 372 g/mol. The van der Waals surface area contributed by atoms with Crippen molar-refractivity contribution in [2.45, 2.75) is 6.10 Å². The Balaban J connectivity index is 1.49. The van der Waals surface area contributed by atoms with E-state index in [1.807, 2.05) is 4.90 Å². The first-order chi connectivity index (χ1) is 13.2. The molecule has 1 atom stereocenters. The molecule has 0 saturated carbocycles. The summed E-state index contributed by atoms with van der Waals surface area (Å²) in [6.45, 7) is 3.95. The van der Waals surface area contributed by atoms with E-state index >= 15 is 0 Å². The summed E-state index contributed by atoms with van der Waals surface area (Å²) in [7, 11) is 0. The number of hydrogen-bond donors (Lipinski definition) is 0. The van der Waals surface area contributed by atoms with E-state index in [1.165, 1.54) is 18.3 Å². The molecule has 3 heterocycles. The zero-order chi connectivity index (χ0) is 18.6. The predicted octanol–water partition coefficient (Wildman–Crippen LogP) is 1.67. The van der Waals surface area contributed by atoms with Gasteiger partial charge in [0.15, 0.2) is 0 Å². The van der Waals surface area contributed by atoms with Crippen LogP contribution in [0.5, 0.6) is 0 Å². The minimum Gasteiger partial charge on any atom is -0.378 e. The molecule has 0 aliphatic carbocycles. The van der Waals surface area contributed by atoms with Crippen LogP contribution in [0.1, 0.15) is 22.2 Å². The number of rotatable bonds is 3. The Kier molecular flexibility index (Phi) is 5.26. The van der Waals surface area contributed by atoms with Gasteiger partial charge in [0.2, 0.25) is 0 Å². The maximum Gasteiger partial charge on any atom is 0.274 e. The smallest absolute Gasteiger partial charge is 0.274 e. The van der Waals surface area contributed by atoms with Crippen LogP contribution < -0.4 is 4.90 Å². The summed E-state index contributed by atoms with van der Waals surface area (Å²) < 4.78 is 24.3. The molecule has 2 aromatic rings. The Morgan fingerprint density at radius 1 is 1.07 bits per heavy atom. The van der Waals surface area contributed by atoms with Crippen LogP contribution in [-0.2, 0) is 9.47 Å². The third kappa shape index (κ3) is 4.06. The second-order valence-corrected chi connectivity index (χ2v) is 6.52. The van der Waals surface area contributed by atoms with Gasteiger partial charge in [0.25, 0.3) is 5.91 Å². The standard InChI is InChI=1S/C19H21FN4O3/c20-15-3-1-14(2-4-15)17-13-24(7-10-27-17)18-12-21-11-16(22-18)19(25)23-5-8-26-9-6-23/h1-4,11-12,17H,5-10,13H2. The number of nitrogens with zero attached hydrogens (tertiary/aromatic N) is 4. The van der Waals surface area contributed by atoms with Crippen molar-refractivity contribution in [3.63, 3.8) is 0 Å².